The van der Waals surface area contributed by atoms with Gasteiger partial charge in [0.05, 0.1) is 11.9 Å². The average molecular weight is 379 g/mol. The van der Waals surface area contributed by atoms with Crippen LogP contribution in [0.3, 0.4) is 0 Å². The molecule has 0 bridgehead atoms. The highest BCUT2D eigenvalue weighted by atomic mass is 35.5. The van der Waals surface area contributed by atoms with Gasteiger partial charge in [-0.15, -0.1) is 10.2 Å². The third-order valence-electron chi connectivity index (χ3n) is 4.55. The second-order valence-corrected chi connectivity index (χ2v) is 6.78. The molecule has 0 spiro atoms. The number of aromatic amines is 1. The molecule has 27 heavy (non-hydrogen) atoms. The van der Waals surface area contributed by atoms with Crippen molar-refractivity contribution in [2.45, 2.75) is 13.5 Å². The SMILES string of the molecule is Cc1nnc(-c2cccc(NCc3cn[nH]c3-c3ccc(Cl)cc3)c2)n1C. The number of H-pyrrole nitrogens is 1. The fourth-order valence-electron chi connectivity index (χ4n) is 2.94. The molecule has 0 saturated heterocycles. The van der Waals surface area contributed by atoms with Crippen LogP contribution in [-0.2, 0) is 13.6 Å². The van der Waals surface area contributed by atoms with Gasteiger partial charge in [-0.3, -0.25) is 5.10 Å². The summed E-state index contributed by atoms with van der Waals surface area (Å²) in [6.45, 7) is 2.59. The molecule has 0 unspecified atom stereocenters. The first kappa shape index (κ1) is 17.3. The van der Waals surface area contributed by atoms with Crippen LogP contribution in [0.5, 0.6) is 0 Å². The Hall–Kier alpha value is -3.12. The Morgan fingerprint density at radius 2 is 1.89 bits per heavy atom. The molecular weight excluding hydrogens is 360 g/mol. The minimum atomic E-state index is 0.649. The van der Waals surface area contributed by atoms with Crippen LogP contribution in [0.15, 0.2) is 54.7 Å². The monoisotopic (exact) mass is 378 g/mol. The summed E-state index contributed by atoms with van der Waals surface area (Å²) in [7, 11) is 1.97. The van der Waals surface area contributed by atoms with Gasteiger partial charge in [-0.2, -0.15) is 5.10 Å². The number of nitrogens with zero attached hydrogens (tertiary/aromatic N) is 4. The number of anilines is 1. The van der Waals surface area contributed by atoms with Gasteiger partial charge in [0.25, 0.3) is 0 Å². The predicted octanol–water partition coefficient (Wildman–Crippen LogP) is 4.45. The third kappa shape index (κ3) is 3.57. The minimum Gasteiger partial charge on any atom is -0.381 e. The smallest absolute Gasteiger partial charge is 0.163 e. The van der Waals surface area contributed by atoms with Crippen LogP contribution < -0.4 is 5.32 Å². The summed E-state index contributed by atoms with van der Waals surface area (Å²) in [5, 5.41) is 19.8. The maximum absolute atomic E-state index is 5.98. The van der Waals surface area contributed by atoms with E-state index in [0.29, 0.717) is 11.6 Å². The summed E-state index contributed by atoms with van der Waals surface area (Å²) in [5.41, 5.74) is 5.15. The van der Waals surface area contributed by atoms with Gasteiger partial charge in [0.2, 0.25) is 0 Å². The van der Waals surface area contributed by atoms with Crippen LogP contribution in [0.25, 0.3) is 22.6 Å². The molecule has 0 saturated carbocycles. The van der Waals surface area contributed by atoms with Gasteiger partial charge in [-0.25, -0.2) is 0 Å². The Morgan fingerprint density at radius 1 is 1.07 bits per heavy atom. The Balaban J connectivity index is 1.53. The van der Waals surface area contributed by atoms with E-state index >= 15 is 0 Å². The Bertz CT molecular complexity index is 1060. The molecule has 0 aliphatic carbocycles. The van der Waals surface area contributed by atoms with Gasteiger partial charge in [-0.05, 0) is 36.8 Å². The molecular formula is C20H19ClN6. The third-order valence-corrected chi connectivity index (χ3v) is 4.80. The second-order valence-electron chi connectivity index (χ2n) is 6.34. The van der Waals surface area contributed by atoms with Crippen molar-refractivity contribution >= 4 is 17.3 Å². The van der Waals surface area contributed by atoms with E-state index in [0.717, 1.165) is 39.7 Å². The number of rotatable bonds is 5. The van der Waals surface area contributed by atoms with Gasteiger partial charge < -0.3 is 9.88 Å². The fourth-order valence-corrected chi connectivity index (χ4v) is 3.06. The van der Waals surface area contributed by atoms with Crippen LogP contribution in [-0.4, -0.2) is 25.0 Å². The van der Waals surface area contributed by atoms with E-state index in [9.17, 15) is 0 Å². The lowest BCUT2D eigenvalue weighted by Gasteiger charge is -2.09. The maximum atomic E-state index is 5.98. The van der Waals surface area contributed by atoms with Crippen molar-refractivity contribution in [2.24, 2.45) is 7.05 Å². The van der Waals surface area contributed by atoms with Crippen LogP contribution in [0.2, 0.25) is 5.02 Å². The van der Waals surface area contributed by atoms with Gasteiger partial charge >= 0.3 is 0 Å². The lowest BCUT2D eigenvalue weighted by Crippen LogP contribution is -2.01. The molecule has 4 rings (SSSR count). The van der Waals surface area contributed by atoms with Crippen molar-refractivity contribution < 1.29 is 0 Å². The van der Waals surface area contributed by atoms with Gasteiger partial charge in [0.15, 0.2) is 5.82 Å². The van der Waals surface area contributed by atoms with E-state index in [4.69, 9.17) is 11.6 Å². The molecule has 7 heteroatoms. The summed E-state index contributed by atoms with van der Waals surface area (Å²) in [6, 6.07) is 15.9. The van der Waals surface area contributed by atoms with Gasteiger partial charge in [-0.1, -0.05) is 35.9 Å². The van der Waals surface area contributed by atoms with E-state index < -0.39 is 0 Å². The van der Waals surface area contributed by atoms with E-state index in [1.807, 2.05) is 67.2 Å². The summed E-state index contributed by atoms with van der Waals surface area (Å²) in [4.78, 5) is 0. The Labute approximate surface area is 162 Å². The van der Waals surface area contributed by atoms with Crippen LogP contribution in [0.4, 0.5) is 5.69 Å². The first-order valence-corrected chi connectivity index (χ1v) is 8.98. The van der Waals surface area contributed by atoms with Gasteiger partial charge in [0.1, 0.15) is 5.82 Å². The van der Waals surface area contributed by atoms with E-state index in [1.54, 1.807) is 0 Å². The number of hydrogen-bond donors (Lipinski definition) is 2. The molecule has 0 aliphatic rings. The summed E-state index contributed by atoms with van der Waals surface area (Å²) in [6.07, 6.45) is 1.84. The molecule has 136 valence electrons. The predicted molar refractivity (Wildman–Crippen MR) is 108 cm³/mol. The molecule has 2 aromatic heterocycles. The molecule has 0 aliphatic heterocycles. The van der Waals surface area contributed by atoms with Crippen molar-refractivity contribution in [3.8, 4) is 22.6 Å². The highest BCUT2D eigenvalue weighted by Gasteiger charge is 2.10. The second kappa shape index (κ2) is 7.25. The van der Waals surface area contributed by atoms with Crippen LogP contribution >= 0.6 is 11.6 Å². The molecule has 2 N–H and O–H groups in total. The van der Waals surface area contributed by atoms with Crippen molar-refractivity contribution in [1.82, 2.24) is 25.0 Å². The highest BCUT2D eigenvalue weighted by Crippen LogP contribution is 2.25. The van der Waals surface area contributed by atoms with Crippen molar-refractivity contribution in [3.05, 3.63) is 71.1 Å². The van der Waals surface area contributed by atoms with Crippen LogP contribution in [0.1, 0.15) is 11.4 Å². The van der Waals surface area contributed by atoms with Gasteiger partial charge in [0, 0.05) is 35.4 Å². The van der Waals surface area contributed by atoms with Crippen molar-refractivity contribution in [3.63, 3.8) is 0 Å². The topological polar surface area (TPSA) is 71.4 Å². The molecule has 0 fully saturated rings. The number of benzene rings is 2. The molecule has 0 radical (unpaired) electrons. The lowest BCUT2D eigenvalue weighted by molar-refractivity contribution is 0.865. The Morgan fingerprint density at radius 3 is 2.63 bits per heavy atom. The molecule has 0 atom stereocenters. The lowest BCUT2D eigenvalue weighted by atomic mass is 10.1. The zero-order chi connectivity index (χ0) is 18.8. The molecule has 6 nitrogen and oxygen atoms in total. The largest absolute Gasteiger partial charge is 0.381 e. The Kier molecular flexibility index (Phi) is 4.64. The number of aromatic nitrogens is 5. The first-order valence-electron chi connectivity index (χ1n) is 8.60. The molecule has 4 aromatic rings. The quantitative estimate of drug-likeness (QED) is 0.538. The highest BCUT2D eigenvalue weighted by molar-refractivity contribution is 6.30. The molecule has 2 heterocycles. The standard InChI is InChI=1S/C20H19ClN6/c1-13-24-26-20(27(13)2)15-4-3-5-18(10-15)22-11-16-12-23-25-19(16)14-6-8-17(21)9-7-14/h3-10,12,22H,11H2,1-2H3,(H,23,25). The van der Waals surface area contributed by atoms with E-state index in [-0.39, 0.29) is 0 Å². The zero-order valence-electron chi connectivity index (χ0n) is 15.1. The number of aryl methyl sites for hydroxylation is 1. The first-order chi connectivity index (χ1) is 13.1. The van der Waals surface area contributed by atoms with E-state index in [1.165, 1.54) is 0 Å². The maximum Gasteiger partial charge on any atom is 0.163 e. The van der Waals surface area contributed by atoms with Crippen molar-refractivity contribution in [1.29, 1.82) is 0 Å². The molecule has 0 amide bonds. The van der Waals surface area contributed by atoms with Crippen LogP contribution in [0, 0.1) is 6.92 Å². The number of hydrogen-bond acceptors (Lipinski definition) is 4. The summed E-state index contributed by atoms with van der Waals surface area (Å²) < 4.78 is 1.98. The van der Waals surface area contributed by atoms with Crippen molar-refractivity contribution in [2.75, 3.05) is 5.32 Å². The average Bonchev–Trinajstić information content (AvgIpc) is 3.28. The molecule has 2 aromatic carbocycles. The minimum absolute atomic E-state index is 0.649. The number of nitrogens with one attached hydrogen (secondary N) is 2. The normalized spacial score (nSPS) is 10.9. The summed E-state index contributed by atoms with van der Waals surface area (Å²) in [5.74, 6) is 1.73. The fraction of sp³-hybridized carbons (Fsp3) is 0.150. The zero-order valence-corrected chi connectivity index (χ0v) is 15.8. The summed E-state index contributed by atoms with van der Waals surface area (Å²) >= 11 is 5.98. The number of halogens is 1. The van der Waals surface area contributed by atoms with E-state index in [2.05, 4.69) is 31.8 Å².